The zero-order chi connectivity index (χ0) is 10.8. The van der Waals surface area contributed by atoms with Gasteiger partial charge in [0.1, 0.15) is 5.01 Å². The van der Waals surface area contributed by atoms with Crippen molar-refractivity contribution in [3.05, 3.63) is 23.2 Å². The van der Waals surface area contributed by atoms with E-state index < -0.39 is 6.09 Å². The second-order valence-corrected chi connectivity index (χ2v) is 3.99. The fourth-order valence-electron chi connectivity index (χ4n) is 1.24. The van der Waals surface area contributed by atoms with Crippen LogP contribution >= 0.6 is 11.3 Å². The minimum Gasteiger partial charge on any atom is -0.465 e. The van der Waals surface area contributed by atoms with Crippen molar-refractivity contribution in [3.63, 3.8) is 0 Å². The molecule has 1 heterocycles. The zero-order valence-electron chi connectivity index (χ0n) is 7.60. The van der Waals surface area contributed by atoms with Gasteiger partial charge in [-0.2, -0.15) is 0 Å². The number of carboxylic acid groups (broad SMARTS) is 1. The second kappa shape index (κ2) is 3.84. The summed E-state index contributed by atoms with van der Waals surface area (Å²) in [5, 5.41) is 20.3. The van der Waals surface area contributed by atoms with Gasteiger partial charge in [0, 0.05) is 5.69 Å². The quantitative estimate of drug-likeness (QED) is 0.727. The van der Waals surface area contributed by atoms with E-state index in [1.54, 1.807) is 18.2 Å². The summed E-state index contributed by atoms with van der Waals surface area (Å²) in [6.07, 6.45) is -1.10. The van der Waals surface area contributed by atoms with Crippen molar-refractivity contribution in [3.8, 4) is 0 Å². The Balaban J connectivity index is 2.41. The Bertz CT molecular complexity index is 509. The number of aliphatic hydroxyl groups excluding tert-OH is 1. The van der Waals surface area contributed by atoms with E-state index in [4.69, 9.17) is 10.2 Å². The normalized spacial score (nSPS) is 10.5. The van der Waals surface area contributed by atoms with E-state index in [0.29, 0.717) is 16.2 Å². The first-order valence-corrected chi connectivity index (χ1v) is 5.01. The molecule has 2 rings (SSSR count). The van der Waals surface area contributed by atoms with Gasteiger partial charge in [0.25, 0.3) is 0 Å². The maximum atomic E-state index is 10.4. The fourth-order valence-corrected chi connectivity index (χ4v) is 2.05. The number of hydrogen-bond acceptors (Lipinski definition) is 4. The summed E-state index contributed by atoms with van der Waals surface area (Å²) in [5.41, 5.74) is 1.17. The lowest BCUT2D eigenvalue weighted by atomic mass is 10.3. The molecule has 0 fully saturated rings. The number of anilines is 1. The molecule has 0 aliphatic rings. The molecule has 5 nitrogen and oxygen atoms in total. The Kier molecular flexibility index (Phi) is 2.53. The molecular weight excluding hydrogens is 216 g/mol. The van der Waals surface area contributed by atoms with Crippen molar-refractivity contribution in [2.45, 2.75) is 6.61 Å². The highest BCUT2D eigenvalue weighted by molar-refractivity contribution is 7.18. The van der Waals surface area contributed by atoms with E-state index in [2.05, 4.69) is 10.3 Å². The van der Waals surface area contributed by atoms with Crippen molar-refractivity contribution in [1.29, 1.82) is 0 Å². The van der Waals surface area contributed by atoms with Crippen molar-refractivity contribution in [2.75, 3.05) is 5.32 Å². The van der Waals surface area contributed by atoms with E-state index in [1.807, 2.05) is 0 Å². The minimum atomic E-state index is -1.10. The standard InChI is InChI=1S/C9H8N2O3S/c12-4-8-11-6-3-5(10-9(13)14)1-2-7(6)15-8/h1-3,10,12H,4H2,(H,13,14). The highest BCUT2D eigenvalue weighted by atomic mass is 32.1. The van der Waals surface area contributed by atoms with Gasteiger partial charge in [-0.05, 0) is 18.2 Å². The third-order valence-electron chi connectivity index (χ3n) is 1.82. The molecule has 0 aliphatic heterocycles. The maximum absolute atomic E-state index is 10.4. The number of benzene rings is 1. The molecule has 1 aromatic carbocycles. The average Bonchev–Trinajstić information content (AvgIpc) is 2.58. The molecule has 1 amide bonds. The SMILES string of the molecule is O=C(O)Nc1ccc2sc(CO)nc2c1. The minimum absolute atomic E-state index is 0.0962. The van der Waals surface area contributed by atoms with Gasteiger partial charge < -0.3 is 10.2 Å². The average molecular weight is 224 g/mol. The lowest BCUT2D eigenvalue weighted by Gasteiger charge is -1.98. The Labute approximate surface area is 89.0 Å². The Morgan fingerprint density at radius 2 is 2.33 bits per heavy atom. The first-order valence-electron chi connectivity index (χ1n) is 4.19. The number of aromatic nitrogens is 1. The van der Waals surface area contributed by atoms with Crippen LogP contribution in [0.4, 0.5) is 10.5 Å². The van der Waals surface area contributed by atoms with Crippen LogP contribution in [0.25, 0.3) is 10.2 Å². The first-order chi connectivity index (χ1) is 7.19. The van der Waals surface area contributed by atoms with Crippen LogP contribution in [0.2, 0.25) is 0 Å². The molecule has 0 aliphatic carbocycles. The van der Waals surface area contributed by atoms with Gasteiger partial charge in [-0.25, -0.2) is 9.78 Å². The number of hydrogen-bond donors (Lipinski definition) is 3. The number of carbonyl (C=O) groups is 1. The van der Waals surface area contributed by atoms with Gasteiger partial charge in [0.05, 0.1) is 16.8 Å². The molecule has 1 aromatic heterocycles. The number of thiazole rings is 1. The molecule has 3 N–H and O–H groups in total. The topological polar surface area (TPSA) is 82.5 Å². The number of rotatable bonds is 2. The van der Waals surface area contributed by atoms with Crippen LogP contribution in [0.15, 0.2) is 18.2 Å². The van der Waals surface area contributed by atoms with Crippen molar-refractivity contribution < 1.29 is 15.0 Å². The predicted molar refractivity (Wildman–Crippen MR) is 57.2 cm³/mol. The van der Waals surface area contributed by atoms with E-state index in [9.17, 15) is 4.79 Å². The zero-order valence-corrected chi connectivity index (χ0v) is 8.41. The molecule has 0 radical (unpaired) electrons. The van der Waals surface area contributed by atoms with Crippen LogP contribution in [-0.4, -0.2) is 21.3 Å². The summed E-state index contributed by atoms with van der Waals surface area (Å²) in [4.78, 5) is 14.5. The Morgan fingerprint density at radius 3 is 3.00 bits per heavy atom. The number of amides is 1. The summed E-state index contributed by atoms with van der Waals surface area (Å²) >= 11 is 1.39. The summed E-state index contributed by atoms with van der Waals surface area (Å²) in [5.74, 6) is 0. The van der Waals surface area contributed by atoms with Gasteiger partial charge in [0.2, 0.25) is 0 Å². The van der Waals surface area contributed by atoms with E-state index in [0.717, 1.165) is 4.70 Å². The van der Waals surface area contributed by atoms with Gasteiger partial charge in [0.15, 0.2) is 0 Å². The summed E-state index contributed by atoms with van der Waals surface area (Å²) in [6.45, 7) is -0.0962. The van der Waals surface area contributed by atoms with Crippen molar-refractivity contribution in [1.82, 2.24) is 4.98 Å². The third-order valence-corrected chi connectivity index (χ3v) is 2.84. The summed E-state index contributed by atoms with van der Waals surface area (Å²) < 4.78 is 0.926. The summed E-state index contributed by atoms with van der Waals surface area (Å²) in [7, 11) is 0. The van der Waals surface area contributed by atoms with Crippen molar-refractivity contribution in [2.24, 2.45) is 0 Å². The lowest BCUT2D eigenvalue weighted by molar-refractivity contribution is 0.210. The van der Waals surface area contributed by atoms with E-state index >= 15 is 0 Å². The predicted octanol–water partition coefficient (Wildman–Crippen LogP) is 1.88. The summed E-state index contributed by atoms with van der Waals surface area (Å²) in [6, 6.07) is 5.08. The molecule has 0 saturated heterocycles. The first kappa shape index (κ1) is 9.88. The van der Waals surface area contributed by atoms with Gasteiger partial charge in [-0.1, -0.05) is 0 Å². The van der Waals surface area contributed by atoms with Gasteiger partial charge in [-0.15, -0.1) is 11.3 Å². The van der Waals surface area contributed by atoms with Gasteiger partial charge in [-0.3, -0.25) is 5.32 Å². The number of aliphatic hydroxyl groups is 1. The monoisotopic (exact) mass is 224 g/mol. The highest BCUT2D eigenvalue weighted by Crippen LogP contribution is 2.24. The molecule has 15 heavy (non-hydrogen) atoms. The van der Waals surface area contributed by atoms with Crippen LogP contribution in [0, 0.1) is 0 Å². The second-order valence-electron chi connectivity index (χ2n) is 2.88. The van der Waals surface area contributed by atoms with Crippen LogP contribution in [-0.2, 0) is 6.61 Å². The van der Waals surface area contributed by atoms with Crippen molar-refractivity contribution >= 4 is 33.3 Å². The molecule has 0 saturated carbocycles. The Hall–Kier alpha value is -1.66. The molecule has 0 unspecified atom stereocenters. The molecule has 6 heteroatoms. The van der Waals surface area contributed by atoms with Crippen LogP contribution in [0.5, 0.6) is 0 Å². The molecule has 0 bridgehead atoms. The highest BCUT2D eigenvalue weighted by Gasteiger charge is 2.04. The fraction of sp³-hybridized carbons (Fsp3) is 0.111. The molecule has 0 atom stereocenters. The molecular formula is C9H8N2O3S. The van der Waals surface area contributed by atoms with E-state index in [-0.39, 0.29) is 6.61 Å². The number of nitrogens with zero attached hydrogens (tertiary/aromatic N) is 1. The molecule has 0 spiro atoms. The van der Waals surface area contributed by atoms with Crippen LogP contribution in [0.1, 0.15) is 5.01 Å². The number of fused-ring (bicyclic) bond motifs is 1. The van der Waals surface area contributed by atoms with Crippen LogP contribution < -0.4 is 5.32 Å². The smallest absolute Gasteiger partial charge is 0.409 e. The van der Waals surface area contributed by atoms with Crippen LogP contribution in [0.3, 0.4) is 0 Å². The molecule has 78 valence electrons. The third kappa shape index (κ3) is 2.05. The molecule has 2 aromatic rings. The van der Waals surface area contributed by atoms with E-state index in [1.165, 1.54) is 11.3 Å². The largest absolute Gasteiger partial charge is 0.465 e. The Morgan fingerprint density at radius 1 is 1.53 bits per heavy atom. The van der Waals surface area contributed by atoms with Gasteiger partial charge >= 0.3 is 6.09 Å². The lowest BCUT2D eigenvalue weighted by Crippen LogP contribution is -2.06. The maximum Gasteiger partial charge on any atom is 0.409 e. The number of nitrogens with one attached hydrogen (secondary N) is 1.